The summed E-state index contributed by atoms with van der Waals surface area (Å²) in [5.74, 6) is 0.271. The van der Waals surface area contributed by atoms with Gasteiger partial charge in [-0.2, -0.15) is 0 Å². The van der Waals surface area contributed by atoms with Crippen molar-refractivity contribution in [2.45, 2.75) is 17.4 Å². The minimum Gasteiger partial charge on any atom is -0.324 e. The van der Waals surface area contributed by atoms with Crippen LogP contribution in [0.5, 0.6) is 0 Å². The van der Waals surface area contributed by atoms with E-state index in [1.807, 2.05) is 0 Å². The molecule has 1 aliphatic heterocycles. The van der Waals surface area contributed by atoms with Gasteiger partial charge in [0.15, 0.2) is 0 Å². The Morgan fingerprint density at radius 1 is 1.54 bits per heavy atom. The normalized spacial score (nSPS) is 26.9. The van der Waals surface area contributed by atoms with Crippen LogP contribution >= 0.6 is 0 Å². The molecule has 2 nitrogen and oxygen atoms in total. The molecule has 0 aromatic heterocycles. The predicted octanol–water partition coefficient (Wildman–Crippen LogP) is 1.34. The lowest BCUT2D eigenvalue weighted by atomic mass is 10.1. The van der Waals surface area contributed by atoms with Gasteiger partial charge in [-0.05, 0) is 30.2 Å². The summed E-state index contributed by atoms with van der Waals surface area (Å²) in [7, 11) is -0.991. The van der Waals surface area contributed by atoms with Crippen molar-refractivity contribution in [2.75, 3.05) is 5.75 Å². The average molecular weight is 199 g/mol. The fourth-order valence-electron chi connectivity index (χ4n) is 1.52. The second kappa shape index (κ2) is 3.20. The minimum absolute atomic E-state index is 0.164. The van der Waals surface area contributed by atoms with Crippen LogP contribution in [0.2, 0.25) is 0 Å². The Bertz CT molecular complexity index is 367. The highest BCUT2D eigenvalue weighted by Crippen LogP contribution is 2.28. The highest BCUT2D eigenvalue weighted by atomic mass is 32.2. The number of halogens is 1. The van der Waals surface area contributed by atoms with Gasteiger partial charge in [-0.25, -0.2) is 4.39 Å². The number of benzene rings is 1. The fraction of sp³-hybridized carbons (Fsp3) is 0.333. The van der Waals surface area contributed by atoms with E-state index in [0.29, 0.717) is 22.6 Å². The Labute approximate surface area is 78.4 Å². The first kappa shape index (κ1) is 8.84. The molecule has 0 bridgehead atoms. The number of hydrogen-bond acceptors (Lipinski definition) is 2. The third-order valence-electron chi connectivity index (χ3n) is 2.23. The van der Waals surface area contributed by atoms with E-state index in [1.165, 1.54) is 12.1 Å². The van der Waals surface area contributed by atoms with E-state index in [4.69, 9.17) is 5.73 Å². The van der Waals surface area contributed by atoms with E-state index < -0.39 is 10.8 Å². The molecule has 4 heteroatoms. The van der Waals surface area contributed by atoms with Gasteiger partial charge in [0, 0.05) is 16.7 Å². The molecule has 70 valence electrons. The van der Waals surface area contributed by atoms with E-state index >= 15 is 0 Å². The zero-order chi connectivity index (χ0) is 9.42. The average Bonchev–Trinajstić information content (AvgIpc) is 2.12. The summed E-state index contributed by atoms with van der Waals surface area (Å²) in [5.41, 5.74) is 6.48. The van der Waals surface area contributed by atoms with Crippen LogP contribution in [0, 0.1) is 5.82 Å². The third-order valence-corrected chi connectivity index (χ3v) is 3.70. The Balaban J connectivity index is 2.57. The van der Waals surface area contributed by atoms with Crippen molar-refractivity contribution in [3.05, 3.63) is 29.6 Å². The highest BCUT2D eigenvalue weighted by Gasteiger charge is 2.22. The molecule has 0 spiro atoms. The van der Waals surface area contributed by atoms with Gasteiger partial charge in [-0.15, -0.1) is 0 Å². The molecule has 1 aliphatic rings. The van der Waals surface area contributed by atoms with Crippen LogP contribution in [0.4, 0.5) is 4.39 Å². The smallest absolute Gasteiger partial charge is 0.123 e. The fourth-order valence-corrected chi connectivity index (χ4v) is 2.90. The lowest BCUT2D eigenvalue weighted by molar-refractivity contribution is 0.602. The molecule has 0 radical (unpaired) electrons. The lowest BCUT2D eigenvalue weighted by Gasteiger charge is -2.21. The van der Waals surface area contributed by atoms with Crippen molar-refractivity contribution in [3.63, 3.8) is 0 Å². The Hall–Kier alpha value is -0.740. The van der Waals surface area contributed by atoms with Crippen LogP contribution in [0.15, 0.2) is 23.1 Å². The molecule has 1 aromatic rings. The molecule has 2 unspecified atom stereocenters. The van der Waals surface area contributed by atoms with Crippen molar-refractivity contribution in [2.24, 2.45) is 5.73 Å². The molecule has 2 N–H and O–H groups in total. The second-order valence-corrected chi connectivity index (χ2v) is 4.67. The predicted molar refractivity (Wildman–Crippen MR) is 49.2 cm³/mol. The maximum Gasteiger partial charge on any atom is 0.123 e. The Morgan fingerprint density at radius 3 is 3.08 bits per heavy atom. The van der Waals surface area contributed by atoms with Gasteiger partial charge in [0.1, 0.15) is 5.82 Å². The first-order valence-electron chi connectivity index (χ1n) is 4.12. The van der Waals surface area contributed by atoms with Gasteiger partial charge < -0.3 is 5.73 Å². The monoisotopic (exact) mass is 199 g/mol. The summed E-state index contributed by atoms with van der Waals surface area (Å²) >= 11 is 0. The van der Waals surface area contributed by atoms with Crippen LogP contribution in [0.1, 0.15) is 18.0 Å². The van der Waals surface area contributed by atoms with Crippen molar-refractivity contribution in [1.29, 1.82) is 0 Å². The molecule has 0 aliphatic carbocycles. The number of hydrogen-bond donors (Lipinski definition) is 1. The van der Waals surface area contributed by atoms with E-state index in [2.05, 4.69) is 0 Å². The largest absolute Gasteiger partial charge is 0.324 e. The molecule has 13 heavy (non-hydrogen) atoms. The van der Waals surface area contributed by atoms with Gasteiger partial charge in [0.05, 0.1) is 10.8 Å². The summed E-state index contributed by atoms with van der Waals surface area (Å²) in [6.07, 6.45) is 0.670. The summed E-state index contributed by atoms with van der Waals surface area (Å²) in [6.45, 7) is 0. The molecule has 0 saturated carbocycles. The molecular weight excluding hydrogens is 189 g/mol. The second-order valence-electron chi connectivity index (χ2n) is 3.13. The lowest BCUT2D eigenvalue weighted by Crippen LogP contribution is -2.21. The molecule has 1 aromatic carbocycles. The van der Waals surface area contributed by atoms with E-state index in [1.54, 1.807) is 6.07 Å². The van der Waals surface area contributed by atoms with Crippen LogP contribution in [-0.2, 0) is 10.8 Å². The zero-order valence-corrected chi connectivity index (χ0v) is 7.81. The van der Waals surface area contributed by atoms with Gasteiger partial charge >= 0.3 is 0 Å². The van der Waals surface area contributed by atoms with Crippen LogP contribution in [0.25, 0.3) is 0 Å². The van der Waals surface area contributed by atoms with Gasteiger partial charge in [0.2, 0.25) is 0 Å². The van der Waals surface area contributed by atoms with Crippen molar-refractivity contribution in [1.82, 2.24) is 0 Å². The quantitative estimate of drug-likeness (QED) is 0.685. The number of rotatable bonds is 0. The van der Waals surface area contributed by atoms with Crippen molar-refractivity contribution in [3.8, 4) is 0 Å². The van der Waals surface area contributed by atoms with Crippen LogP contribution in [0.3, 0.4) is 0 Å². The topological polar surface area (TPSA) is 43.1 Å². The summed E-state index contributed by atoms with van der Waals surface area (Å²) < 4.78 is 24.3. The summed E-state index contributed by atoms with van der Waals surface area (Å²) in [5, 5.41) is 0. The Morgan fingerprint density at radius 2 is 2.31 bits per heavy atom. The van der Waals surface area contributed by atoms with Crippen LogP contribution < -0.4 is 5.73 Å². The first-order valence-corrected chi connectivity index (χ1v) is 5.44. The van der Waals surface area contributed by atoms with Gasteiger partial charge in [-0.1, -0.05) is 0 Å². The molecule has 1 heterocycles. The molecule has 2 atom stereocenters. The SMILES string of the molecule is NC1CCS(=O)c2ccc(F)cc21. The maximum absolute atomic E-state index is 12.8. The standard InChI is InChI=1S/C9H10FNOS/c10-6-1-2-9-7(5-6)8(11)3-4-13(9)12/h1-2,5,8H,3-4,11H2. The molecular formula is C9H10FNOS. The molecule has 2 rings (SSSR count). The van der Waals surface area contributed by atoms with Crippen molar-refractivity contribution >= 4 is 10.8 Å². The number of fused-ring (bicyclic) bond motifs is 1. The maximum atomic E-state index is 12.8. The third kappa shape index (κ3) is 1.51. The van der Waals surface area contributed by atoms with E-state index in [-0.39, 0.29) is 11.9 Å². The minimum atomic E-state index is -0.991. The van der Waals surface area contributed by atoms with E-state index in [9.17, 15) is 8.60 Å². The van der Waals surface area contributed by atoms with Gasteiger partial charge in [0.25, 0.3) is 0 Å². The molecule has 0 fully saturated rings. The molecule has 0 amide bonds. The molecule has 0 saturated heterocycles. The summed E-state index contributed by atoms with van der Waals surface area (Å²) in [4.78, 5) is 0.695. The van der Waals surface area contributed by atoms with E-state index in [0.717, 1.165) is 0 Å². The first-order chi connectivity index (χ1) is 6.18. The van der Waals surface area contributed by atoms with Crippen LogP contribution in [-0.4, -0.2) is 9.96 Å². The van der Waals surface area contributed by atoms with Gasteiger partial charge in [-0.3, -0.25) is 4.21 Å². The van der Waals surface area contributed by atoms with Crippen molar-refractivity contribution < 1.29 is 8.60 Å². The highest BCUT2D eigenvalue weighted by molar-refractivity contribution is 7.85. The Kier molecular flexibility index (Phi) is 2.17. The number of nitrogens with two attached hydrogens (primary N) is 1. The summed E-state index contributed by atoms with van der Waals surface area (Å²) in [6, 6.07) is 4.12. The zero-order valence-electron chi connectivity index (χ0n) is 7.00.